The van der Waals surface area contributed by atoms with Gasteiger partial charge in [-0.1, -0.05) is 32.6 Å². The average Bonchev–Trinajstić information content (AvgIpc) is 3.15. The van der Waals surface area contributed by atoms with Crippen molar-refractivity contribution in [1.82, 2.24) is 9.80 Å². The van der Waals surface area contributed by atoms with E-state index in [2.05, 4.69) is 65.0 Å². The van der Waals surface area contributed by atoms with Gasteiger partial charge in [0.05, 0.1) is 5.00 Å². The van der Waals surface area contributed by atoms with Gasteiger partial charge in [-0.2, -0.15) is 0 Å². The van der Waals surface area contributed by atoms with Crippen LogP contribution in [0.25, 0.3) is 0 Å². The monoisotopic (exact) mass is 363 g/mol. The Morgan fingerprint density at radius 1 is 1.24 bits per heavy atom. The summed E-state index contributed by atoms with van der Waals surface area (Å²) in [6.45, 7) is 15.8. The minimum atomic E-state index is 0.613. The molecule has 0 saturated carbocycles. The molecule has 142 valence electrons. The fraction of sp³-hybridized carbons (Fsp3) is 0.619. The zero-order chi connectivity index (χ0) is 18.7. The van der Waals surface area contributed by atoms with Gasteiger partial charge in [-0.15, -0.1) is 11.3 Å². The number of hydrogen-bond acceptors (Lipinski definition) is 4. The molecule has 0 bridgehead atoms. The van der Waals surface area contributed by atoms with Gasteiger partial charge in [0.15, 0.2) is 0 Å². The zero-order valence-corrected chi connectivity index (χ0v) is 17.7. The van der Waals surface area contributed by atoms with Crippen LogP contribution in [0.15, 0.2) is 42.4 Å². The molecule has 3 nitrogen and oxygen atoms in total. The molecule has 2 fully saturated rings. The molecule has 0 amide bonds. The maximum absolute atomic E-state index is 3.83. The summed E-state index contributed by atoms with van der Waals surface area (Å²) in [5.41, 5.74) is 0.613. The Morgan fingerprint density at radius 2 is 1.88 bits per heavy atom. The molecule has 0 aromatic carbocycles. The van der Waals surface area contributed by atoms with Crippen molar-refractivity contribution in [2.45, 2.75) is 33.6 Å². The summed E-state index contributed by atoms with van der Waals surface area (Å²) in [5, 5.41) is 3.61. The number of nitrogens with zero attached hydrogens (tertiary/aromatic N) is 3. The summed E-state index contributed by atoms with van der Waals surface area (Å²) in [6.07, 6.45) is 8.85. The van der Waals surface area contributed by atoms with Gasteiger partial charge >= 0.3 is 0 Å². The van der Waals surface area contributed by atoms with Crippen molar-refractivity contribution in [3.05, 3.63) is 42.4 Å². The van der Waals surface area contributed by atoms with Crippen LogP contribution in [0.1, 0.15) is 33.6 Å². The number of piperidine rings is 1. The van der Waals surface area contributed by atoms with E-state index in [0.29, 0.717) is 5.41 Å². The van der Waals surface area contributed by atoms with Crippen molar-refractivity contribution in [2.75, 3.05) is 51.7 Å². The summed E-state index contributed by atoms with van der Waals surface area (Å²) >= 11 is 1.86. The van der Waals surface area contributed by atoms with Crippen molar-refractivity contribution in [2.24, 2.45) is 5.41 Å². The van der Waals surface area contributed by atoms with Crippen LogP contribution in [0.5, 0.6) is 0 Å². The highest BCUT2D eigenvalue weighted by Gasteiger charge is 2.43. The molecule has 1 aromatic heterocycles. The van der Waals surface area contributed by atoms with Gasteiger partial charge in [0, 0.05) is 38.1 Å². The quantitative estimate of drug-likeness (QED) is 0.701. The van der Waals surface area contributed by atoms with Crippen molar-refractivity contribution in [1.29, 1.82) is 0 Å². The molecule has 1 spiro atoms. The summed E-state index contributed by atoms with van der Waals surface area (Å²) in [4.78, 5) is 6.99. The Balaban J connectivity index is 0.000000297. The molecule has 0 aliphatic carbocycles. The highest BCUT2D eigenvalue weighted by molar-refractivity contribution is 7.14. The summed E-state index contributed by atoms with van der Waals surface area (Å²) in [6, 6.07) is 4.38. The SMILES string of the molecule is C/C=C/CN(C)C.C=CN1CC2(CCN(c3cccs3)CC2)C1.CC. The normalized spacial score (nSPS) is 18.3. The second kappa shape index (κ2) is 11.4. The highest BCUT2D eigenvalue weighted by Crippen LogP contribution is 2.41. The first-order valence-electron chi connectivity index (χ1n) is 9.49. The number of likely N-dealkylation sites (N-methyl/N-ethyl adjacent to an activating group) is 1. The van der Waals surface area contributed by atoms with Gasteiger partial charge in [-0.3, -0.25) is 0 Å². The Labute approximate surface area is 159 Å². The lowest BCUT2D eigenvalue weighted by Crippen LogP contribution is -2.58. The molecule has 1 aromatic rings. The number of thiophene rings is 1. The first-order chi connectivity index (χ1) is 12.1. The van der Waals surface area contributed by atoms with Crippen LogP contribution in [0, 0.1) is 5.41 Å². The van der Waals surface area contributed by atoms with Crippen LogP contribution in [0.2, 0.25) is 0 Å². The molecule has 0 N–H and O–H groups in total. The molecule has 2 saturated heterocycles. The lowest BCUT2D eigenvalue weighted by Gasteiger charge is -2.54. The lowest BCUT2D eigenvalue weighted by molar-refractivity contribution is 0.0176. The Kier molecular flexibility index (Phi) is 9.91. The van der Waals surface area contributed by atoms with E-state index in [1.165, 1.54) is 44.0 Å². The van der Waals surface area contributed by atoms with E-state index in [-0.39, 0.29) is 0 Å². The summed E-state index contributed by atoms with van der Waals surface area (Å²) < 4.78 is 0. The van der Waals surface area contributed by atoms with E-state index >= 15 is 0 Å². The second-order valence-electron chi connectivity index (χ2n) is 6.86. The van der Waals surface area contributed by atoms with E-state index < -0.39 is 0 Å². The Bertz CT molecular complexity index is 477. The molecule has 2 aliphatic heterocycles. The van der Waals surface area contributed by atoms with Gasteiger partial charge < -0.3 is 14.7 Å². The molecular formula is C21H37N3S. The number of anilines is 1. The van der Waals surface area contributed by atoms with Gasteiger partial charge in [0.1, 0.15) is 0 Å². The standard InChI is InChI=1S/C13H18N2S.C6H13N.C2H6/c1-2-14-10-13(11-14)5-7-15(8-6-13)12-4-3-9-16-12;1-4-5-6-7(2)3;1-2/h2-4,9H,1,5-8,10-11H2;4-5H,6H2,1-3H3;1-2H3/b;5-4+;. The average molecular weight is 364 g/mol. The van der Waals surface area contributed by atoms with Crippen LogP contribution in [0.3, 0.4) is 0 Å². The molecule has 0 atom stereocenters. The van der Waals surface area contributed by atoms with Crippen LogP contribution in [-0.2, 0) is 0 Å². The maximum atomic E-state index is 3.83. The number of likely N-dealkylation sites (tertiary alicyclic amines) is 1. The molecule has 0 radical (unpaired) electrons. The summed E-state index contributed by atoms with van der Waals surface area (Å²) in [7, 11) is 4.11. The third-order valence-corrected chi connectivity index (χ3v) is 5.61. The first-order valence-corrected chi connectivity index (χ1v) is 10.4. The third kappa shape index (κ3) is 6.87. The Hall–Kier alpha value is -1.26. The highest BCUT2D eigenvalue weighted by atomic mass is 32.1. The molecule has 25 heavy (non-hydrogen) atoms. The van der Waals surface area contributed by atoms with Crippen molar-refractivity contribution < 1.29 is 0 Å². The summed E-state index contributed by atoms with van der Waals surface area (Å²) in [5.74, 6) is 0. The van der Waals surface area contributed by atoms with Gasteiger partial charge in [-0.05, 0) is 57.6 Å². The number of hydrogen-bond donors (Lipinski definition) is 0. The van der Waals surface area contributed by atoms with Gasteiger partial charge in [-0.25, -0.2) is 0 Å². The van der Waals surface area contributed by atoms with E-state index in [4.69, 9.17) is 0 Å². The minimum absolute atomic E-state index is 0.613. The molecule has 4 heteroatoms. The predicted octanol–water partition coefficient (Wildman–Crippen LogP) is 4.94. The van der Waals surface area contributed by atoms with E-state index in [0.717, 1.165) is 6.54 Å². The molecule has 3 heterocycles. The third-order valence-electron chi connectivity index (χ3n) is 4.68. The van der Waals surface area contributed by atoms with Crippen molar-refractivity contribution >= 4 is 16.3 Å². The maximum Gasteiger partial charge on any atom is 0.0908 e. The zero-order valence-electron chi connectivity index (χ0n) is 16.9. The van der Waals surface area contributed by atoms with Crippen LogP contribution in [0.4, 0.5) is 5.00 Å². The predicted molar refractivity (Wildman–Crippen MR) is 115 cm³/mol. The number of allylic oxidation sites excluding steroid dienone is 1. The molecule has 2 aliphatic rings. The largest absolute Gasteiger partial charge is 0.377 e. The second-order valence-corrected chi connectivity index (χ2v) is 7.78. The van der Waals surface area contributed by atoms with Crippen LogP contribution >= 0.6 is 11.3 Å². The topological polar surface area (TPSA) is 9.72 Å². The van der Waals surface area contributed by atoms with Gasteiger partial charge in [0.25, 0.3) is 0 Å². The fourth-order valence-corrected chi connectivity index (χ4v) is 4.01. The lowest BCUT2D eigenvalue weighted by atomic mass is 9.72. The van der Waals surface area contributed by atoms with E-state index in [1.54, 1.807) is 0 Å². The van der Waals surface area contributed by atoms with Crippen LogP contribution in [-0.4, -0.2) is 56.6 Å². The van der Waals surface area contributed by atoms with E-state index in [1.807, 2.05) is 38.3 Å². The molecule has 0 unspecified atom stereocenters. The van der Waals surface area contributed by atoms with Gasteiger partial charge in [0.2, 0.25) is 0 Å². The van der Waals surface area contributed by atoms with Crippen LogP contribution < -0.4 is 4.90 Å². The fourth-order valence-electron chi connectivity index (χ4n) is 3.23. The minimum Gasteiger partial charge on any atom is -0.377 e. The Morgan fingerprint density at radius 3 is 2.28 bits per heavy atom. The number of rotatable bonds is 4. The smallest absolute Gasteiger partial charge is 0.0908 e. The molecule has 3 rings (SSSR count). The van der Waals surface area contributed by atoms with E-state index in [9.17, 15) is 0 Å². The first kappa shape index (κ1) is 21.8. The molecular weight excluding hydrogens is 326 g/mol. The van der Waals surface area contributed by atoms with Crippen molar-refractivity contribution in [3.8, 4) is 0 Å². The van der Waals surface area contributed by atoms with Crippen molar-refractivity contribution in [3.63, 3.8) is 0 Å².